The van der Waals surface area contributed by atoms with Gasteiger partial charge in [0.05, 0.1) is 6.61 Å². The molecule has 1 nitrogen and oxygen atoms in total. The van der Waals surface area contributed by atoms with E-state index >= 15 is 0 Å². The lowest BCUT2D eigenvalue weighted by Crippen LogP contribution is -2.17. The van der Waals surface area contributed by atoms with E-state index in [2.05, 4.69) is 11.3 Å². The lowest BCUT2D eigenvalue weighted by Gasteiger charge is -2.09. The van der Waals surface area contributed by atoms with Gasteiger partial charge < -0.3 is 4.74 Å². The van der Waals surface area contributed by atoms with Crippen LogP contribution in [0.5, 0.6) is 0 Å². The largest absolute Gasteiger partial charge is 0.411 e. The van der Waals surface area contributed by atoms with Gasteiger partial charge in [0.15, 0.2) is 0 Å². The molecule has 0 atom stereocenters. The molecule has 0 unspecified atom stereocenters. The predicted molar refractivity (Wildman–Crippen MR) is 57.1 cm³/mol. The van der Waals surface area contributed by atoms with Gasteiger partial charge in [-0.05, 0) is 18.1 Å². The van der Waals surface area contributed by atoms with Crippen LogP contribution in [0.1, 0.15) is 11.1 Å². The summed E-state index contributed by atoms with van der Waals surface area (Å²) in [5.41, 5.74) is 2.43. The molecule has 0 spiro atoms. The van der Waals surface area contributed by atoms with Gasteiger partial charge in [-0.3, -0.25) is 0 Å². The van der Waals surface area contributed by atoms with Crippen LogP contribution in [0.15, 0.2) is 30.8 Å². The minimum absolute atomic E-state index is 0.109. The standard InChI is InChI=1S/C12H13F3O/c1-9-3-5-11(6-4-9)10(2)7-16-8-12(13,14)15/h3-6H,2,7-8H2,1H3. The Morgan fingerprint density at radius 1 is 1.25 bits per heavy atom. The smallest absolute Gasteiger partial charge is 0.367 e. The van der Waals surface area contributed by atoms with E-state index in [1.54, 1.807) is 0 Å². The maximum Gasteiger partial charge on any atom is 0.411 e. The fourth-order valence-corrected chi connectivity index (χ4v) is 1.16. The third kappa shape index (κ3) is 4.49. The Morgan fingerprint density at radius 2 is 1.81 bits per heavy atom. The van der Waals surface area contributed by atoms with Gasteiger partial charge in [-0.25, -0.2) is 0 Å². The average Bonchev–Trinajstić information content (AvgIpc) is 2.16. The zero-order valence-corrected chi connectivity index (χ0v) is 8.97. The van der Waals surface area contributed by atoms with Gasteiger partial charge in [0.2, 0.25) is 0 Å². The molecule has 88 valence electrons. The third-order valence-corrected chi connectivity index (χ3v) is 2.00. The molecule has 1 rings (SSSR count). The first-order valence-corrected chi connectivity index (χ1v) is 4.78. The van der Waals surface area contributed by atoms with Crippen molar-refractivity contribution in [3.8, 4) is 0 Å². The molecule has 0 heterocycles. The van der Waals surface area contributed by atoms with Crippen LogP contribution in [0.25, 0.3) is 5.57 Å². The van der Waals surface area contributed by atoms with Crippen molar-refractivity contribution in [3.05, 3.63) is 42.0 Å². The van der Waals surface area contributed by atoms with Gasteiger partial charge in [-0.15, -0.1) is 0 Å². The minimum atomic E-state index is -4.28. The number of benzene rings is 1. The van der Waals surface area contributed by atoms with Crippen LogP contribution in [-0.2, 0) is 4.74 Å². The number of aryl methyl sites for hydroxylation is 1. The van der Waals surface area contributed by atoms with Crippen molar-refractivity contribution in [1.82, 2.24) is 0 Å². The SMILES string of the molecule is C=C(COCC(F)(F)F)c1ccc(C)cc1. The van der Waals surface area contributed by atoms with Crippen molar-refractivity contribution >= 4 is 5.57 Å². The van der Waals surface area contributed by atoms with Crippen LogP contribution in [0.3, 0.4) is 0 Å². The summed E-state index contributed by atoms with van der Waals surface area (Å²) in [6.07, 6.45) is -4.28. The van der Waals surface area contributed by atoms with Crippen LogP contribution in [-0.4, -0.2) is 19.4 Å². The molecular weight excluding hydrogens is 217 g/mol. The highest BCUT2D eigenvalue weighted by Gasteiger charge is 2.27. The Labute approximate surface area is 92.5 Å². The highest BCUT2D eigenvalue weighted by atomic mass is 19.4. The van der Waals surface area contributed by atoms with Crippen LogP contribution in [0, 0.1) is 6.92 Å². The highest BCUT2D eigenvalue weighted by molar-refractivity contribution is 5.64. The second-order valence-electron chi connectivity index (χ2n) is 3.58. The molecule has 4 heteroatoms. The van der Waals surface area contributed by atoms with E-state index < -0.39 is 12.8 Å². The zero-order valence-electron chi connectivity index (χ0n) is 8.97. The number of halogens is 3. The van der Waals surface area contributed by atoms with E-state index in [9.17, 15) is 13.2 Å². The quantitative estimate of drug-likeness (QED) is 0.768. The third-order valence-electron chi connectivity index (χ3n) is 2.00. The molecule has 0 saturated carbocycles. The maximum atomic E-state index is 11.8. The molecule has 0 bridgehead atoms. The summed E-state index contributed by atoms with van der Waals surface area (Å²) in [6.45, 7) is 4.27. The van der Waals surface area contributed by atoms with E-state index in [1.807, 2.05) is 31.2 Å². The van der Waals surface area contributed by atoms with Crippen LogP contribution in [0.4, 0.5) is 13.2 Å². The molecule has 0 aliphatic rings. The summed E-state index contributed by atoms with van der Waals surface area (Å²) < 4.78 is 39.9. The molecule has 16 heavy (non-hydrogen) atoms. The van der Waals surface area contributed by atoms with Crippen LogP contribution >= 0.6 is 0 Å². The lowest BCUT2D eigenvalue weighted by atomic mass is 10.1. The van der Waals surface area contributed by atoms with Gasteiger partial charge in [-0.1, -0.05) is 36.4 Å². The second kappa shape index (κ2) is 5.16. The normalized spacial score (nSPS) is 11.5. The van der Waals surface area contributed by atoms with Crippen molar-refractivity contribution in [2.24, 2.45) is 0 Å². The molecule has 0 aliphatic carbocycles. The Hall–Kier alpha value is -1.29. The number of ether oxygens (including phenoxy) is 1. The van der Waals surface area contributed by atoms with Gasteiger partial charge in [0, 0.05) is 0 Å². The first-order valence-electron chi connectivity index (χ1n) is 4.78. The van der Waals surface area contributed by atoms with E-state index in [1.165, 1.54) is 0 Å². The predicted octanol–water partition coefficient (Wildman–Crippen LogP) is 3.59. The first kappa shape index (κ1) is 12.8. The molecule has 1 aromatic rings. The zero-order chi connectivity index (χ0) is 12.2. The summed E-state index contributed by atoms with van der Waals surface area (Å²) in [5.74, 6) is 0. The summed E-state index contributed by atoms with van der Waals surface area (Å²) in [7, 11) is 0. The fraction of sp³-hybridized carbons (Fsp3) is 0.333. The van der Waals surface area contributed by atoms with Crippen molar-refractivity contribution in [2.75, 3.05) is 13.2 Å². The molecule has 0 saturated heterocycles. The Kier molecular flexibility index (Phi) is 4.12. The van der Waals surface area contributed by atoms with Crippen molar-refractivity contribution in [3.63, 3.8) is 0 Å². The molecule has 0 aliphatic heterocycles. The number of rotatable bonds is 4. The fourth-order valence-electron chi connectivity index (χ4n) is 1.16. The lowest BCUT2D eigenvalue weighted by molar-refractivity contribution is -0.170. The Balaban J connectivity index is 2.44. The average molecular weight is 230 g/mol. The monoisotopic (exact) mass is 230 g/mol. The van der Waals surface area contributed by atoms with E-state index in [0.717, 1.165) is 11.1 Å². The second-order valence-corrected chi connectivity index (χ2v) is 3.58. The number of alkyl halides is 3. The van der Waals surface area contributed by atoms with Gasteiger partial charge in [0.25, 0.3) is 0 Å². The number of hydrogen-bond donors (Lipinski definition) is 0. The van der Waals surface area contributed by atoms with Crippen LogP contribution < -0.4 is 0 Å². The summed E-state index contributed by atoms with van der Waals surface area (Å²) in [5, 5.41) is 0. The molecule has 0 aromatic heterocycles. The molecule has 0 radical (unpaired) electrons. The minimum Gasteiger partial charge on any atom is -0.367 e. The summed E-state index contributed by atoms with van der Waals surface area (Å²) in [4.78, 5) is 0. The molecular formula is C12H13F3O. The van der Waals surface area contributed by atoms with Crippen molar-refractivity contribution in [2.45, 2.75) is 13.1 Å². The van der Waals surface area contributed by atoms with Crippen molar-refractivity contribution in [1.29, 1.82) is 0 Å². The topological polar surface area (TPSA) is 9.23 Å². The first-order chi connectivity index (χ1) is 7.38. The van der Waals surface area contributed by atoms with Crippen LogP contribution in [0.2, 0.25) is 0 Å². The summed E-state index contributed by atoms with van der Waals surface area (Å²) in [6, 6.07) is 7.39. The molecule has 0 amide bonds. The molecule has 1 aromatic carbocycles. The Morgan fingerprint density at radius 3 is 2.31 bits per heavy atom. The van der Waals surface area contributed by atoms with Gasteiger partial charge >= 0.3 is 6.18 Å². The van der Waals surface area contributed by atoms with E-state index in [0.29, 0.717) is 5.57 Å². The Bertz CT molecular complexity index is 352. The van der Waals surface area contributed by atoms with E-state index in [-0.39, 0.29) is 6.61 Å². The van der Waals surface area contributed by atoms with Gasteiger partial charge in [-0.2, -0.15) is 13.2 Å². The van der Waals surface area contributed by atoms with E-state index in [4.69, 9.17) is 0 Å². The maximum absolute atomic E-state index is 11.8. The number of hydrogen-bond acceptors (Lipinski definition) is 1. The molecule has 0 N–H and O–H groups in total. The van der Waals surface area contributed by atoms with Crippen molar-refractivity contribution < 1.29 is 17.9 Å². The summed E-state index contributed by atoms with van der Waals surface area (Å²) >= 11 is 0. The molecule has 0 fully saturated rings. The van der Waals surface area contributed by atoms with Gasteiger partial charge in [0.1, 0.15) is 6.61 Å². The highest BCUT2D eigenvalue weighted by Crippen LogP contribution is 2.17.